The fourth-order valence-corrected chi connectivity index (χ4v) is 3.98. The number of nitrogens with zero attached hydrogens (tertiary/aromatic N) is 2. The van der Waals surface area contributed by atoms with Crippen molar-refractivity contribution in [2.45, 2.75) is 38.0 Å². The van der Waals surface area contributed by atoms with Crippen LogP contribution in [-0.4, -0.2) is 16.3 Å². The number of rotatable bonds is 2. The number of anilines is 1. The summed E-state index contributed by atoms with van der Waals surface area (Å²) in [7, 11) is 0. The number of aromatic nitrogens is 2. The van der Waals surface area contributed by atoms with E-state index in [9.17, 15) is 0 Å². The monoisotopic (exact) mass is 331 g/mol. The summed E-state index contributed by atoms with van der Waals surface area (Å²) in [6.07, 6.45) is 6.44. The number of benzene rings is 1. The molecule has 0 bridgehead atoms. The molecule has 20 heavy (non-hydrogen) atoms. The summed E-state index contributed by atoms with van der Waals surface area (Å²) >= 11 is 3.65. The number of para-hydroxylation sites is 1. The van der Waals surface area contributed by atoms with Crippen LogP contribution >= 0.6 is 15.9 Å². The summed E-state index contributed by atoms with van der Waals surface area (Å²) in [5, 5.41) is 8.49. The number of hydrogen-bond acceptors (Lipinski definition) is 2. The number of hydrogen-bond donors (Lipinski definition) is 1. The van der Waals surface area contributed by atoms with Crippen LogP contribution in [0.4, 0.5) is 5.82 Å². The molecule has 2 heterocycles. The molecule has 1 aliphatic heterocycles. The summed E-state index contributed by atoms with van der Waals surface area (Å²) in [6.45, 7) is 1.04. The molecule has 0 unspecified atom stereocenters. The Morgan fingerprint density at radius 1 is 1.20 bits per heavy atom. The van der Waals surface area contributed by atoms with Crippen molar-refractivity contribution in [1.29, 1.82) is 0 Å². The van der Waals surface area contributed by atoms with Gasteiger partial charge in [-0.15, -0.1) is 0 Å². The normalized spacial score (nSPS) is 18.2. The van der Waals surface area contributed by atoms with Gasteiger partial charge in [-0.2, -0.15) is 5.10 Å². The molecular formula is C16H18BrN3. The highest BCUT2D eigenvalue weighted by molar-refractivity contribution is 9.10. The van der Waals surface area contributed by atoms with Crippen molar-refractivity contribution in [2.24, 2.45) is 0 Å². The van der Waals surface area contributed by atoms with Crippen LogP contribution in [0.5, 0.6) is 0 Å². The van der Waals surface area contributed by atoms with Crippen molar-refractivity contribution >= 4 is 21.7 Å². The van der Waals surface area contributed by atoms with E-state index in [4.69, 9.17) is 5.10 Å². The van der Waals surface area contributed by atoms with Crippen LogP contribution in [0.15, 0.2) is 28.7 Å². The van der Waals surface area contributed by atoms with Crippen LogP contribution < -0.4 is 5.32 Å². The Bertz CT molecular complexity index is 641. The summed E-state index contributed by atoms with van der Waals surface area (Å²) < 4.78 is 3.19. The minimum Gasteiger partial charge on any atom is -0.369 e. The summed E-state index contributed by atoms with van der Waals surface area (Å²) in [6, 6.07) is 8.31. The quantitative estimate of drug-likeness (QED) is 0.890. The van der Waals surface area contributed by atoms with Gasteiger partial charge in [-0.25, -0.2) is 4.68 Å². The zero-order valence-corrected chi connectivity index (χ0v) is 13.0. The molecule has 4 rings (SSSR count). The summed E-state index contributed by atoms with van der Waals surface area (Å²) in [5.41, 5.74) is 3.92. The average molecular weight is 332 g/mol. The Morgan fingerprint density at radius 3 is 2.80 bits per heavy atom. The first-order valence-electron chi connectivity index (χ1n) is 7.45. The topological polar surface area (TPSA) is 29.9 Å². The van der Waals surface area contributed by atoms with E-state index in [1.807, 2.05) is 6.07 Å². The highest BCUT2D eigenvalue weighted by Gasteiger charge is 2.29. The molecule has 1 saturated carbocycles. The lowest BCUT2D eigenvalue weighted by Gasteiger charge is -2.09. The maximum atomic E-state index is 4.97. The second kappa shape index (κ2) is 4.92. The van der Waals surface area contributed by atoms with Gasteiger partial charge in [0, 0.05) is 22.5 Å². The zero-order chi connectivity index (χ0) is 13.5. The van der Waals surface area contributed by atoms with Gasteiger partial charge in [-0.1, -0.05) is 25.0 Å². The van der Waals surface area contributed by atoms with E-state index in [2.05, 4.69) is 44.1 Å². The standard InChI is InChI=1S/C16H18BrN3/c17-13-7-3-4-8-14(13)20-16-12(9-10-18-16)15(19-20)11-5-1-2-6-11/h3-4,7-8,11,18H,1-2,5-6,9-10H2. The van der Waals surface area contributed by atoms with Gasteiger partial charge in [0.05, 0.1) is 11.4 Å². The average Bonchev–Trinajstić information content (AvgIpc) is 3.16. The molecule has 1 aromatic carbocycles. The second-order valence-electron chi connectivity index (χ2n) is 5.73. The largest absolute Gasteiger partial charge is 0.369 e. The lowest BCUT2D eigenvalue weighted by atomic mass is 9.99. The molecule has 1 aliphatic carbocycles. The molecule has 1 N–H and O–H groups in total. The number of nitrogens with one attached hydrogen (secondary N) is 1. The third-order valence-electron chi connectivity index (χ3n) is 4.50. The molecule has 0 atom stereocenters. The van der Waals surface area contributed by atoms with E-state index in [1.54, 1.807) is 0 Å². The maximum absolute atomic E-state index is 4.97. The van der Waals surface area contributed by atoms with Gasteiger partial charge in [0.25, 0.3) is 0 Å². The molecule has 4 heteroatoms. The highest BCUT2D eigenvalue weighted by atomic mass is 79.9. The molecule has 104 valence electrons. The van der Waals surface area contributed by atoms with Crippen LogP contribution in [0.25, 0.3) is 5.69 Å². The highest BCUT2D eigenvalue weighted by Crippen LogP contribution is 2.40. The lowest BCUT2D eigenvalue weighted by Crippen LogP contribution is -2.06. The predicted molar refractivity (Wildman–Crippen MR) is 84.7 cm³/mol. The van der Waals surface area contributed by atoms with Crippen molar-refractivity contribution in [1.82, 2.24) is 9.78 Å². The van der Waals surface area contributed by atoms with E-state index < -0.39 is 0 Å². The summed E-state index contributed by atoms with van der Waals surface area (Å²) in [4.78, 5) is 0. The first-order valence-corrected chi connectivity index (χ1v) is 8.24. The second-order valence-corrected chi connectivity index (χ2v) is 6.59. The predicted octanol–water partition coefficient (Wildman–Crippen LogP) is 4.26. The zero-order valence-electron chi connectivity index (χ0n) is 11.4. The molecule has 0 radical (unpaired) electrons. The van der Waals surface area contributed by atoms with Gasteiger partial charge in [-0.05, 0) is 47.3 Å². The Morgan fingerprint density at radius 2 is 2.00 bits per heavy atom. The fraction of sp³-hybridized carbons (Fsp3) is 0.438. The van der Waals surface area contributed by atoms with Crippen molar-refractivity contribution in [3.8, 4) is 5.69 Å². The molecule has 0 saturated heterocycles. The van der Waals surface area contributed by atoms with Gasteiger partial charge in [0.15, 0.2) is 0 Å². The van der Waals surface area contributed by atoms with Crippen molar-refractivity contribution < 1.29 is 0 Å². The molecule has 0 amide bonds. The SMILES string of the molecule is Brc1ccccc1-n1nc(C2CCCC2)c2c1NCC2. The number of halogens is 1. The van der Waals surface area contributed by atoms with Crippen LogP contribution in [0.3, 0.4) is 0 Å². The molecular weight excluding hydrogens is 314 g/mol. The summed E-state index contributed by atoms with van der Waals surface area (Å²) in [5.74, 6) is 1.88. The minimum absolute atomic E-state index is 0.674. The smallest absolute Gasteiger partial charge is 0.133 e. The first-order chi connectivity index (χ1) is 9.84. The molecule has 1 aromatic heterocycles. The van der Waals surface area contributed by atoms with E-state index in [0.29, 0.717) is 5.92 Å². The van der Waals surface area contributed by atoms with Gasteiger partial charge < -0.3 is 5.32 Å². The Labute approximate surface area is 127 Å². The first kappa shape index (κ1) is 12.5. The van der Waals surface area contributed by atoms with Gasteiger partial charge >= 0.3 is 0 Å². The lowest BCUT2D eigenvalue weighted by molar-refractivity contribution is 0.670. The van der Waals surface area contributed by atoms with E-state index >= 15 is 0 Å². The van der Waals surface area contributed by atoms with E-state index in [0.717, 1.165) is 23.1 Å². The van der Waals surface area contributed by atoms with Gasteiger partial charge in [0.1, 0.15) is 5.82 Å². The van der Waals surface area contributed by atoms with E-state index in [1.165, 1.54) is 42.8 Å². The maximum Gasteiger partial charge on any atom is 0.133 e. The molecule has 2 aliphatic rings. The van der Waals surface area contributed by atoms with Gasteiger partial charge in [-0.3, -0.25) is 0 Å². The minimum atomic E-state index is 0.674. The third-order valence-corrected chi connectivity index (χ3v) is 5.18. The fourth-order valence-electron chi connectivity index (χ4n) is 3.53. The van der Waals surface area contributed by atoms with Crippen molar-refractivity contribution in [3.05, 3.63) is 40.0 Å². The number of fused-ring (bicyclic) bond motifs is 1. The Hall–Kier alpha value is -1.29. The molecule has 3 nitrogen and oxygen atoms in total. The molecule has 0 spiro atoms. The van der Waals surface area contributed by atoms with Gasteiger partial charge in [0.2, 0.25) is 0 Å². The van der Waals surface area contributed by atoms with E-state index in [-0.39, 0.29) is 0 Å². The Kier molecular flexibility index (Phi) is 3.06. The van der Waals surface area contributed by atoms with Crippen molar-refractivity contribution in [3.63, 3.8) is 0 Å². The molecule has 2 aromatic rings. The van der Waals surface area contributed by atoms with Crippen LogP contribution in [0, 0.1) is 0 Å². The molecule has 1 fully saturated rings. The Balaban J connectivity index is 1.85. The van der Waals surface area contributed by atoms with Crippen LogP contribution in [0.1, 0.15) is 42.9 Å². The third kappa shape index (κ3) is 1.89. The van der Waals surface area contributed by atoms with Crippen molar-refractivity contribution in [2.75, 3.05) is 11.9 Å². The van der Waals surface area contributed by atoms with Crippen LogP contribution in [0.2, 0.25) is 0 Å². The van der Waals surface area contributed by atoms with Crippen LogP contribution in [-0.2, 0) is 6.42 Å².